The molecule has 40 nitrogen and oxygen atoms in total. The second-order valence-electron chi connectivity index (χ2n) is 13.0. The van der Waals surface area contributed by atoms with Crippen LogP contribution >= 0.6 is 0 Å². The predicted octanol–water partition coefficient (Wildman–Crippen LogP) is -18.0. The summed E-state index contributed by atoms with van der Waals surface area (Å²) in [6, 6.07) is -10.0. The Morgan fingerprint density at radius 1 is 0.276 bits per heavy atom. The van der Waals surface area contributed by atoms with E-state index in [1.165, 1.54) is 0 Å². The van der Waals surface area contributed by atoms with Crippen molar-refractivity contribution in [2.45, 2.75) is 113 Å². The van der Waals surface area contributed by atoms with Crippen LogP contribution in [0.2, 0.25) is 0 Å². The van der Waals surface area contributed by atoms with Crippen molar-refractivity contribution in [2.75, 3.05) is 0 Å². The standard InChI is InChI=1S/C5H10N2O3.C5H9NO4.C4H8N2O3.5C4H7NO4.2Ca/c2*6-3(5(9)10)1-2-4(7)8;6*5-2(4(8)9)1-3(6)7;;/h3H,1-2,6H2,(H2,7,8)(H,9,10);3H,1-2,6H2,(H,7,8)(H,9,10);2H,1,5H2,(H2,6,7)(H,8,9);5*2H,1,5H2,(H,6,7)(H,8,9);;/q;;;;;;;;2*+2/p-4/t2*3-;6*2-;;/m00000000../s1. The summed E-state index contributed by atoms with van der Waals surface area (Å²) in [4.78, 5) is 157. The third-order valence-electron chi connectivity index (χ3n) is 6.25. The van der Waals surface area contributed by atoms with Crippen LogP contribution in [0.15, 0.2) is 0 Å². The Labute approximate surface area is 488 Å². The van der Waals surface area contributed by atoms with Crippen molar-refractivity contribution >= 4 is 171 Å². The number of hydrogen-bond donors (Lipinski definition) is 18. The normalized spacial score (nSPS) is 12.2. The van der Waals surface area contributed by atoms with Gasteiger partial charge in [0, 0.05) is 74.3 Å². The van der Waals surface area contributed by atoms with E-state index in [0.29, 0.717) is 0 Å². The van der Waals surface area contributed by atoms with E-state index in [-0.39, 0.29) is 110 Å². The van der Waals surface area contributed by atoms with Crippen molar-refractivity contribution in [3.8, 4) is 0 Å². The molecule has 2 amide bonds. The molecule has 0 aromatic heterocycles. The van der Waals surface area contributed by atoms with Crippen LogP contribution < -0.4 is 88.0 Å². The average Bonchev–Trinajstić information content (AvgIpc) is 3.21. The zero-order valence-corrected chi connectivity index (χ0v) is 43.9. The maximum Gasteiger partial charge on any atom is 2.00 e. The van der Waals surface area contributed by atoms with Crippen molar-refractivity contribution in [1.82, 2.24) is 0 Å². The van der Waals surface area contributed by atoms with Gasteiger partial charge >= 0.3 is 126 Å². The average molecular weight is 1170 g/mol. The van der Waals surface area contributed by atoms with Gasteiger partial charge in [0.1, 0.15) is 48.3 Å². The number of rotatable bonds is 26. The molecule has 0 spiro atoms. The third kappa shape index (κ3) is 84.5. The van der Waals surface area contributed by atoms with Gasteiger partial charge in [-0.15, -0.1) is 0 Å². The molecule has 28 N–H and O–H groups in total. The fourth-order valence-electron chi connectivity index (χ4n) is 2.46. The van der Waals surface area contributed by atoms with Crippen LogP contribution in [0.5, 0.6) is 0 Å². The number of carboxylic acids is 14. The molecule has 0 saturated carbocycles. The Bertz CT molecular complexity index is 1610. The first-order valence-corrected chi connectivity index (χ1v) is 18.9. The number of carbonyl (C=O) groups is 16. The molecule has 428 valence electrons. The summed E-state index contributed by atoms with van der Waals surface area (Å²) < 4.78 is 0. The fourth-order valence-corrected chi connectivity index (χ4v) is 2.46. The number of nitrogens with two attached hydrogens (primary N) is 10. The minimum absolute atomic E-state index is 0. The summed E-state index contributed by atoms with van der Waals surface area (Å²) in [5, 5.41) is 123. The first-order valence-electron chi connectivity index (χ1n) is 18.9. The van der Waals surface area contributed by atoms with Gasteiger partial charge in [-0.1, -0.05) is 0 Å². The topological polar surface area (TPSA) is 834 Å². The quantitative estimate of drug-likeness (QED) is 0.0358. The summed E-state index contributed by atoms with van der Waals surface area (Å²) in [6.07, 6.45) is -3.80. The molecule has 0 aromatic rings. The molecule has 0 aliphatic carbocycles. The zero-order valence-electron chi connectivity index (χ0n) is 41.4. The third-order valence-corrected chi connectivity index (χ3v) is 6.25. The Hall–Kier alpha value is -6.28. The molecule has 76 heavy (non-hydrogen) atoms. The second kappa shape index (κ2) is 55.0. The molecule has 0 bridgehead atoms. The first kappa shape index (κ1) is 92.3. The van der Waals surface area contributed by atoms with Crippen LogP contribution in [0.1, 0.15) is 67.1 Å². The first-order chi connectivity index (χ1) is 33.3. The van der Waals surface area contributed by atoms with Gasteiger partial charge in [-0.05, 0) is 19.3 Å². The number of primary amides is 2. The van der Waals surface area contributed by atoms with Crippen molar-refractivity contribution in [3.63, 3.8) is 0 Å². The van der Waals surface area contributed by atoms with E-state index >= 15 is 0 Å². The van der Waals surface area contributed by atoms with Crippen molar-refractivity contribution in [3.05, 3.63) is 0 Å². The van der Waals surface area contributed by atoms with Crippen LogP contribution in [0, 0.1) is 0 Å². The van der Waals surface area contributed by atoms with Gasteiger partial charge in [0.15, 0.2) is 0 Å². The van der Waals surface area contributed by atoms with Gasteiger partial charge < -0.3 is 158 Å². The van der Waals surface area contributed by atoms with Crippen LogP contribution in [-0.2, 0) is 76.7 Å². The van der Waals surface area contributed by atoms with E-state index in [0.717, 1.165) is 0 Å². The van der Waals surface area contributed by atoms with E-state index in [9.17, 15) is 107 Å². The van der Waals surface area contributed by atoms with Crippen LogP contribution in [-0.4, -0.2) is 260 Å². The molecular weight excluding hydrogens is 1110 g/mol. The SMILES string of the molecule is NC(=O)CC[C@H](N)C(=O)O.NC(=O)C[C@H](N)C(=O)O.N[C@@H](CC(=O)[O-])C(=O)O.N[C@@H](CC(=O)[O-])C(=O)O.N[C@@H](CC(=O)[O-])C(=O)O.N[C@@H](CC(=O)[O-])C(=O)O.N[C@@H](CC(=O)[O-])C(=O)O.N[C@@H](CCC(=O)[O-])C(=O)O.[Ca+2].[Ca+2].[H+].[H+]. The Morgan fingerprint density at radius 3 is 0.526 bits per heavy atom. The van der Waals surface area contributed by atoms with Crippen LogP contribution in [0.3, 0.4) is 0 Å². The molecule has 0 aliphatic heterocycles. The largest absolute Gasteiger partial charge is 2.00 e. The van der Waals surface area contributed by atoms with E-state index in [2.05, 4.69) is 5.73 Å². The summed E-state index contributed by atoms with van der Waals surface area (Å²) in [7, 11) is 0. The minimum atomic E-state index is -1.45. The second-order valence-corrected chi connectivity index (χ2v) is 13.0. The van der Waals surface area contributed by atoms with E-state index in [1.807, 2.05) is 0 Å². The molecule has 0 aromatic carbocycles. The molecule has 0 heterocycles. The smallest absolute Gasteiger partial charge is 0.550 e. The minimum Gasteiger partial charge on any atom is -0.550 e. The van der Waals surface area contributed by atoms with Crippen molar-refractivity contribution in [2.24, 2.45) is 57.3 Å². The molecule has 0 saturated heterocycles. The molecular formula is C34H58Ca2N10O30. The number of aliphatic carboxylic acids is 14. The molecule has 0 unspecified atom stereocenters. The van der Waals surface area contributed by atoms with Crippen LogP contribution in [0.25, 0.3) is 0 Å². The zero-order chi connectivity index (χ0) is 60.9. The van der Waals surface area contributed by atoms with Gasteiger partial charge in [0.05, 0.1) is 6.42 Å². The molecule has 0 rings (SSSR count). The molecule has 0 fully saturated rings. The maximum atomic E-state index is 10.1. The van der Waals surface area contributed by atoms with E-state index in [4.69, 9.17) is 92.5 Å². The number of carboxylic acid groups (broad SMARTS) is 14. The van der Waals surface area contributed by atoms with Gasteiger partial charge in [-0.25, -0.2) is 0 Å². The van der Waals surface area contributed by atoms with Gasteiger partial charge in [-0.2, -0.15) is 0 Å². The number of hydrogen-bond acceptors (Lipinski definition) is 30. The molecule has 42 heteroatoms. The summed E-state index contributed by atoms with van der Waals surface area (Å²) >= 11 is 0. The summed E-state index contributed by atoms with van der Waals surface area (Å²) in [5.74, 6) is -20.0. The molecule has 8 atom stereocenters. The van der Waals surface area contributed by atoms with Crippen molar-refractivity contribution < 1.29 is 151 Å². The fraction of sp³-hybridized carbons (Fsp3) is 0.529. The summed E-state index contributed by atoms with van der Waals surface area (Å²) in [6.45, 7) is 0. The monoisotopic (exact) mass is 1170 g/mol. The van der Waals surface area contributed by atoms with Crippen LogP contribution in [0.4, 0.5) is 0 Å². The Morgan fingerprint density at radius 2 is 0.434 bits per heavy atom. The molecule has 0 aliphatic rings. The van der Waals surface area contributed by atoms with Gasteiger partial charge in [0.2, 0.25) is 11.8 Å². The number of carbonyl (C=O) groups excluding carboxylic acids is 8. The molecule has 0 radical (unpaired) electrons. The summed E-state index contributed by atoms with van der Waals surface area (Å²) in [5.41, 5.74) is 48.3. The maximum absolute atomic E-state index is 10.1. The number of amides is 2. The Kier molecular flexibility index (Phi) is 66.8. The van der Waals surface area contributed by atoms with Crippen molar-refractivity contribution in [1.29, 1.82) is 0 Å². The van der Waals surface area contributed by atoms with E-state index in [1.54, 1.807) is 0 Å². The van der Waals surface area contributed by atoms with Gasteiger partial charge in [0.25, 0.3) is 0 Å². The Balaban J connectivity index is -0.0000000634. The van der Waals surface area contributed by atoms with Gasteiger partial charge in [-0.3, -0.25) is 47.9 Å². The predicted molar refractivity (Wildman–Crippen MR) is 233 cm³/mol. The van der Waals surface area contributed by atoms with E-state index < -0.39 is 176 Å².